The van der Waals surface area contributed by atoms with E-state index in [1.165, 1.54) is 0 Å². The Labute approximate surface area is 197 Å². The number of benzene rings is 2. The maximum atomic E-state index is 12.2. The largest absolute Gasteiger partial charge is 0.370 e. The molecule has 0 unspecified atom stereocenters. The molecule has 2 aromatic heterocycles. The Morgan fingerprint density at radius 1 is 1.09 bits per heavy atom. The fourth-order valence-corrected chi connectivity index (χ4v) is 4.26. The van der Waals surface area contributed by atoms with Gasteiger partial charge >= 0.3 is 0 Å². The lowest BCUT2D eigenvalue weighted by molar-refractivity contribution is 0.0964. The summed E-state index contributed by atoms with van der Waals surface area (Å²) in [7, 11) is 1.63. The monoisotopic (exact) mass is 448 g/mol. The van der Waals surface area contributed by atoms with Gasteiger partial charge in [-0.3, -0.25) is 9.78 Å². The Balaban J connectivity index is 1.29. The Kier molecular flexibility index (Phi) is 5.64. The average molecular weight is 449 g/mol. The number of carbonyl (C=O) groups is 1. The van der Waals surface area contributed by atoms with Crippen molar-refractivity contribution in [1.29, 1.82) is 5.26 Å². The average Bonchev–Trinajstić information content (AvgIpc) is 3.70. The van der Waals surface area contributed by atoms with Gasteiger partial charge in [-0.1, -0.05) is 42.5 Å². The van der Waals surface area contributed by atoms with Crippen LogP contribution in [0.1, 0.15) is 34.3 Å². The van der Waals surface area contributed by atoms with Crippen LogP contribution in [-0.4, -0.2) is 34.5 Å². The molecule has 1 saturated carbocycles. The number of nitriles is 1. The van der Waals surface area contributed by atoms with Gasteiger partial charge in [0.15, 0.2) is 0 Å². The normalized spacial score (nSPS) is 13.8. The molecule has 0 bridgehead atoms. The number of amides is 1. The maximum Gasteiger partial charge on any atom is 0.251 e. The predicted molar refractivity (Wildman–Crippen MR) is 131 cm³/mol. The minimum absolute atomic E-state index is 0.121. The van der Waals surface area contributed by atoms with Gasteiger partial charge in [-0.15, -0.1) is 0 Å². The van der Waals surface area contributed by atoms with E-state index in [0.717, 1.165) is 58.4 Å². The number of nitrogens with one attached hydrogen (secondary N) is 2. The molecular weight excluding hydrogens is 424 g/mol. The number of fused-ring (bicyclic) bond motifs is 1. The minimum Gasteiger partial charge on any atom is -0.370 e. The third-order valence-corrected chi connectivity index (χ3v) is 6.39. The van der Waals surface area contributed by atoms with Crippen LogP contribution in [0.15, 0.2) is 67.1 Å². The molecule has 34 heavy (non-hydrogen) atoms. The Morgan fingerprint density at radius 3 is 2.65 bits per heavy atom. The highest BCUT2D eigenvalue weighted by molar-refractivity contribution is 6.06. The lowest BCUT2D eigenvalue weighted by atomic mass is 9.96. The van der Waals surface area contributed by atoms with Gasteiger partial charge in [0.1, 0.15) is 12.1 Å². The van der Waals surface area contributed by atoms with E-state index < -0.39 is 0 Å². The van der Waals surface area contributed by atoms with Gasteiger partial charge in [-0.2, -0.15) is 5.26 Å². The first kappa shape index (κ1) is 21.5. The molecule has 1 fully saturated rings. The summed E-state index contributed by atoms with van der Waals surface area (Å²) in [5.41, 5.74) is 5.13. The van der Waals surface area contributed by atoms with Crippen LogP contribution in [0.4, 0.5) is 5.82 Å². The molecule has 5 rings (SSSR count). The molecule has 1 amide bonds. The molecule has 1 aliphatic carbocycles. The fraction of sp³-hybridized carbons (Fsp3) is 0.222. The molecule has 2 N–H and O–H groups in total. The molecule has 0 radical (unpaired) electrons. The predicted octanol–water partition coefficient (Wildman–Crippen LogP) is 4.26. The second-order valence-electron chi connectivity index (χ2n) is 8.49. The summed E-state index contributed by atoms with van der Waals surface area (Å²) in [5, 5.41) is 16.3. The first-order valence-electron chi connectivity index (χ1n) is 11.3. The Morgan fingerprint density at radius 2 is 1.91 bits per heavy atom. The van der Waals surface area contributed by atoms with Crippen molar-refractivity contribution in [1.82, 2.24) is 20.3 Å². The summed E-state index contributed by atoms with van der Waals surface area (Å²) in [6, 6.07) is 20.1. The molecule has 2 heterocycles. The van der Waals surface area contributed by atoms with Gasteiger partial charge in [-0.05, 0) is 36.5 Å². The summed E-state index contributed by atoms with van der Waals surface area (Å²) >= 11 is 0. The van der Waals surface area contributed by atoms with Crippen LogP contribution in [0.3, 0.4) is 0 Å². The van der Waals surface area contributed by atoms with E-state index in [4.69, 9.17) is 0 Å². The topological polar surface area (TPSA) is 104 Å². The highest BCUT2D eigenvalue weighted by Gasteiger charge is 2.44. The summed E-state index contributed by atoms with van der Waals surface area (Å²) in [5.74, 6) is 0.619. The molecule has 1 aliphatic rings. The molecule has 0 spiro atoms. The van der Waals surface area contributed by atoms with Crippen molar-refractivity contribution in [2.24, 2.45) is 0 Å². The standard InChI is InChI=1S/C27H24N6O/c1-29-26(34)22-10-14-31-25-19(3-2-4-21(22)25)9-13-30-24-15-23(32-17-33-24)18-5-7-20(8-6-18)27(16-28)11-12-27/h2-8,10,14-15,17H,9,11-13H2,1H3,(H,29,34)(H,30,32,33). The first-order valence-corrected chi connectivity index (χ1v) is 11.3. The summed E-state index contributed by atoms with van der Waals surface area (Å²) in [6.45, 7) is 0.658. The van der Waals surface area contributed by atoms with Crippen LogP contribution in [0, 0.1) is 11.3 Å². The van der Waals surface area contributed by atoms with Gasteiger partial charge in [0, 0.05) is 36.8 Å². The zero-order chi connectivity index (χ0) is 23.5. The summed E-state index contributed by atoms with van der Waals surface area (Å²) < 4.78 is 0. The highest BCUT2D eigenvalue weighted by atomic mass is 16.1. The molecular formula is C27H24N6O. The van der Waals surface area contributed by atoms with Gasteiger partial charge in [-0.25, -0.2) is 9.97 Å². The van der Waals surface area contributed by atoms with Crippen molar-refractivity contribution < 1.29 is 4.79 Å². The number of nitrogens with zero attached hydrogens (tertiary/aromatic N) is 4. The van der Waals surface area contributed by atoms with Crippen molar-refractivity contribution in [3.05, 3.63) is 83.8 Å². The Hall–Kier alpha value is -4.31. The van der Waals surface area contributed by atoms with Crippen molar-refractivity contribution >= 4 is 22.6 Å². The van der Waals surface area contributed by atoms with Crippen LogP contribution in [-0.2, 0) is 11.8 Å². The summed E-state index contributed by atoms with van der Waals surface area (Å²) in [4.78, 5) is 25.5. The van der Waals surface area contributed by atoms with Crippen LogP contribution >= 0.6 is 0 Å². The number of aromatic nitrogens is 3. The third-order valence-electron chi connectivity index (χ3n) is 6.39. The van der Waals surface area contributed by atoms with Gasteiger partial charge in [0.05, 0.1) is 28.3 Å². The van der Waals surface area contributed by atoms with Crippen molar-refractivity contribution in [3.8, 4) is 17.3 Å². The highest BCUT2D eigenvalue weighted by Crippen LogP contribution is 2.47. The molecule has 4 aromatic rings. The van der Waals surface area contributed by atoms with Crippen molar-refractivity contribution in [2.45, 2.75) is 24.7 Å². The number of anilines is 1. The third kappa shape index (κ3) is 4.06. The van der Waals surface area contributed by atoms with E-state index >= 15 is 0 Å². The van der Waals surface area contributed by atoms with Crippen molar-refractivity contribution in [2.75, 3.05) is 18.9 Å². The smallest absolute Gasteiger partial charge is 0.251 e. The van der Waals surface area contributed by atoms with Crippen LogP contribution in [0.25, 0.3) is 22.2 Å². The number of hydrogen-bond donors (Lipinski definition) is 2. The zero-order valence-electron chi connectivity index (χ0n) is 18.9. The van der Waals surface area contributed by atoms with Gasteiger partial charge in [0.25, 0.3) is 5.91 Å². The molecule has 7 nitrogen and oxygen atoms in total. The van der Waals surface area contributed by atoms with Crippen molar-refractivity contribution in [3.63, 3.8) is 0 Å². The lowest BCUT2D eigenvalue weighted by Crippen LogP contribution is -2.18. The summed E-state index contributed by atoms with van der Waals surface area (Å²) in [6.07, 6.45) is 5.82. The van der Waals surface area contributed by atoms with E-state index in [1.54, 1.807) is 25.6 Å². The number of hydrogen-bond acceptors (Lipinski definition) is 6. The number of pyridine rings is 1. The van der Waals surface area contributed by atoms with Crippen LogP contribution in [0.5, 0.6) is 0 Å². The van der Waals surface area contributed by atoms with E-state index in [0.29, 0.717) is 12.1 Å². The van der Waals surface area contributed by atoms with E-state index in [2.05, 4.69) is 31.7 Å². The quantitative estimate of drug-likeness (QED) is 0.438. The van der Waals surface area contributed by atoms with Gasteiger partial charge < -0.3 is 10.6 Å². The van der Waals surface area contributed by atoms with E-state index in [1.807, 2.05) is 48.5 Å². The molecule has 0 atom stereocenters. The molecule has 0 saturated heterocycles. The van der Waals surface area contributed by atoms with Gasteiger partial charge in [0.2, 0.25) is 0 Å². The first-order chi connectivity index (χ1) is 16.6. The Bertz CT molecular complexity index is 1400. The van der Waals surface area contributed by atoms with Crippen LogP contribution < -0.4 is 10.6 Å². The molecule has 7 heteroatoms. The van der Waals surface area contributed by atoms with E-state index in [-0.39, 0.29) is 11.3 Å². The second-order valence-corrected chi connectivity index (χ2v) is 8.49. The SMILES string of the molecule is CNC(=O)c1ccnc2c(CCNc3cc(-c4ccc(C5(C#N)CC5)cc4)ncn3)cccc12. The minimum atomic E-state index is -0.283. The number of rotatable bonds is 7. The molecule has 2 aromatic carbocycles. The molecule has 0 aliphatic heterocycles. The van der Waals surface area contributed by atoms with Crippen LogP contribution in [0.2, 0.25) is 0 Å². The number of para-hydroxylation sites is 1. The maximum absolute atomic E-state index is 12.2. The van der Waals surface area contributed by atoms with E-state index in [9.17, 15) is 10.1 Å². The zero-order valence-corrected chi connectivity index (χ0v) is 18.9. The number of carbonyl (C=O) groups excluding carboxylic acids is 1. The molecule has 168 valence electrons. The lowest BCUT2D eigenvalue weighted by Gasteiger charge is -2.11. The second kappa shape index (κ2) is 8.91. The fourth-order valence-electron chi connectivity index (χ4n) is 4.26.